The first-order chi connectivity index (χ1) is 6.77. The van der Waals surface area contributed by atoms with Crippen LogP contribution in [0.1, 0.15) is 6.92 Å². The summed E-state index contributed by atoms with van der Waals surface area (Å²) in [7, 11) is 1.68. The standard InChI is InChI=1S/C9H14ClN3O/c1-3-13(4-5-14-2)9-6-8(10)11-7-12-9/h6-7H,3-5H2,1-2H3. The summed E-state index contributed by atoms with van der Waals surface area (Å²) in [6, 6.07) is 1.75. The van der Waals surface area contributed by atoms with Crippen LogP contribution < -0.4 is 4.90 Å². The van der Waals surface area contributed by atoms with Crippen LogP contribution in [-0.2, 0) is 4.74 Å². The predicted octanol–water partition coefficient (Wildman–Crippen LogP) is 1.60. The van der Waals surface area contributed by atoms with Crippen molar-refractivity contribution in [2.24, 2.45) is 0 Å². The number of methoxy groups -OCH3 is 1. The van der Waals surface area contributed by atoms with Crippen molar-refractivity contribution in [2.45, 2.75) is 6.92 Å². The van der Waals surface area contributed by atoms with Gasteiger partial charge in [0.25, 0.3) is 0 Å². The third-order valence-corrected chi connectivity index (χ3v) is 2.10. The molecule has 0 bridgehead atoms. The Balaban J connectivity index is 2.68. The van der Waals surface area contributed by atoms with E-state index in [0.717, 1.165) is 18.9 Å². The second-order valence-corrected chi connectivity index (χ2v) is 3.16. The lowest BCUT2D eigenvalue weighted by atomic mass is 10.4. The van der Waals surface area contributed by atoms with Gasteiger partial charge in [-0.2, -0.15) is 0 Å². The molecule has 0 saturated heterocycles. The molecule has 0 spiro atoms. The molecular weight excluding hydrogens is 202 g/mol. The summed E-state index contributed by atoms with van der Waals surface area (Å²) in [6.07, 6.45) is 1.47. The Morgan fingerprint density at radius 1 is 1.50 bits per heavy atom. The van der Waals surface area contributed by atoms with Gasteiger partial charge in [-0.25, -0.2) is 9.97 Å². The lowest BCUT2D eigenvalue weighted by Gasteiger charge is -2.20. The number of hydrogen-bond donors (Lipinski definition) is 0. The lowest BCUT2D eigenvalue weighted by Crippen LogP contribution is -2.27. The summed E-state index contributed by atoms with van der Waals surface area (Å²) in [4.78, 5) is 10.1. The van der Waals surface area contributed by atoms with Crippen LogP contribution >= 0.6 is 11.6 Å². The van der Waals surface area contributed by atoms with Crippen molar-refractivity contribution in [1.29, 1.82) is 0 Å². The molecule has 0 aliphatic rings. The van der Waals surface area contributed by atoms with Gasteiger partial charge in [0, 0.05) is 26.3 Å². The summed E-state index contributed by atoms with van der Waals surface area (Å²) >= 11 is 5.77. The average Bonchev–Trinajstić information content (AvgIpc) is 2.19. The van der Waals surface area contributed by atoms with Gasteiger partial charge in [-0.15, -0.1) is 0 Å². The first-order valence-electron chi connectivity index (χ1n) is 4.49. The van der Waals surface area contributed by atoms with Crippen molar-refractivity contribution in [3.8, 4) is 0 Å². The molecule has 0 atom stereocenters. The monoisotopic (exact) mass is 215 g/mol. The number of aromatic nitrogens is 2. The van der Waals surface area contributed by atoms with Gasteiger partial charge in [-0.3, -0.25) is 0 Å². The first-order valence-corrected chi connectivity index (χ1v) is 4.87. The Morgan fingerprint density at radius 3 is 2.86 bits per heavy atom. The summed E-state index contributed by atoms with van der Waals surface area (Å²) in [5.74, 6) is 0.838. The van der Waals surface area contributed by atoms with Gasteiger partial charge in [-0.1, -0.05) is 11.6 Å². The molecule has 0 aliphatic heterocycles. The Bertz CT molecular complexity index is 283. The zero-order valence-corrected chi connectivity index (χ0v) is 9.16. The summed E-state index contributed by atoms with van der Waals surface area (Å²) in [6.45, 7) is 4.41. The normalized spacial score (nSPS) is 10.2. The topological polar surface area (TPSA) is 38.2 Å². The zero-order valence-electron chi connectivity index (χ0n) is 8.40. The van der Waals surface area contributed by atoms with E-state index in [4.69, 9.17) is 16.3 Å². The van der Waals surface area contributed by atoms with Gasteiger partial charge in [0.05, 0.1) is 6.61 Å². The maximum absolute atomic E-state index is 5.77. The molecule has 1 aromatic rings. The lowest BCUT2D eigenvalue weighted by molar-refractivity contribution is 0.205. The van der Waals surface area contributed by atoms with E-state index in [1.54, 1.807) is 13.2 Å². The molecule has 0 radical (unpaired) electrons. The maximum Gasteiger partial charge on any atom is 0.134 e. The third-order valence-electron chi connectivity index (χ3n) is 1.89. The molecular formula is C9H14ClN3O. The minimum atomic E-state index is 0.464. The van der Waals surface area contributed by atoms with Gasteiger partial charge >= 0.3 is 0 Å². The number of hydrogen-bond acceptors (Lipinski definition) is 4. The molecule has 0 N–H and O–H groups in total. The van der Waals surface area contributed by atoms with Gasteiger partial charge in [-0.05, 0) is 6.92 Å². The van der Waals surface area contributed by atoms with Crippen LogP contribution in [0.15, 0.2) is 12.4 Å². The highest BCUT2D eigenvalue weighted by Gasteiger charge is 2.05. The second-order valence-electron chi connectivity index (χ2n) is 2.77. The van der Waals surface area contributed by atoms with Gasteiger partial charge in [0.15, 0.2) is 0 Å². The fraction of sp³-hybridized carbons (Fsp3) is 0.556. The Labute approximate surface area is 88.9 Å². The van der Waals surface area contributed by atoms with Crippen molar-refractivity contribution in [1.82, 2.24) is 9.97 Å². The van der Waals surface area contributed by atoms with E-state index in [2.05, 4.69) is 21.8 Å². The first kappa shape index (κ1) is 11.2. The fourth-order valence-corrected chi connectivity index (χ4v) is 1.27. The van der Waals surface area contributed by atoms with E-state index < -0.39 is 0 Å². The summed E-state index contributed by atoms with van der Waals surface area (Å²) < 4.78 is 5.01. The molecule has 0 saturated carbocycles. The molecule has 78 valence electrons. The smallest absolute Gasteiger partial charge is 0.134 e. The van der Waals surface area contributed by atoms with Gasteiger partial charge in [0.2, 0.25) is 0 Å². The highest BCUT2D eigenvalue weighted by molar-refractivity contribution is 6.29. The number of likely N-dealkylation sites (N-methyl/N-ethyl adjacent to an activating group) is 1. The van der Waals surface area contributed by atoms with Crippen molar-refractivity contribution in [3.05, 3.63) is 17.5 Å². The molecule has 1 rings (SSSR count). The van der Waals surface area contributed by atoms with E-state index in [9.17, 15) is 0 Å². The molecule has 1 aromatic heterocycles. The minimum Gasteiger partial charge on any atom is -0.383 e. The molecule has 0 aromatic carbocycles. The second kappa shape index (κ2) is 5.78. The number of ether oxygens (including phenoxy) is 1. The minimum absolute atomic E-state index is 0.464. The van der Waals surface area contributed by atoms with Crippen molar-refractivity contribution < 1.29 is 4.74 Å². The molecule has 0 aliphatic carbocycles. The van der Waals surface area contributed by atoms with E-state index in [1.165, 1.54) is 6.33 Å². The highest BCUT2D eigenvalue weighted by Crippen LogP contribution is 2.13. The van der Waals surface area contributed by atoms with Crippen molar-refractivity contribution >= 4 is 17.4 Å². The van der Waals surface area contributed by atoms with E-state index in [-0.39, 0.29) is 0 Å². The van der Waals surface area contributed by atoms with Crippen LogP contribution in [0.3, 0.4) is 0 Å². The number of nitrogens with zero attached hydrogens (tertiary/aromatic N) is 3. The number of halogens is 1. The molecule has 0 amide bonds. The quantitative estimate of drug-likeness (QED) is 0.700. The maximum atomic E-state index is 5.77. The average molecular weight is 216 g/mol. The number of anilines is 1. The van der Waals surface area contributed by atoms with Gasteiger partial charge < -0.3 is 9.64 Å². The van der Waals surface area contributed by atoms with Crippen LogP contribution in [-0.4, -0.2) is 36.8 Å². The van der Waals surface area contributed by atoms with Crippen LogP contribution in [0.5, 0.6) is 0 Å². The van der Waals surface area contributed by atoms with E-state index in [1.807, 2.05) is 0 Å². The van der Waals surface area contributed by atoms with Crippen LogP contribution in [0.2, 0.25) is 5.15 Å². The van der Waals surface area contributed by atoms with Crippen molar-refractivity contribution in [2.75, 3.05) is 31.7 Å². The molecule has 5 heteroatoms. The van der Waals surface area contributed by atoms with Crippen LogP contribution in [0.4, 0.5) is 5.82 Å². The summed E-state index contributed by atoms with van der Waals surface area (Å²) in [5.41, 5.74) is 0. The molecule has 4 nitrogen and oxygen atoms in total. The van der Waals surface area contributed by atoms with Crippen molar-refractivity contribution in [3.63, 3.8) is 0 Å². The number of rotatable bonds is 5. The van der Waals surface area contributed by atoms with E-state index in [0.29, 0.717) is 11.8 Å². The molecule has 1 heterocycles. The van der Waals surface area contributed by atoms with Gasteiger partial charge in [0.1, 0.15) is 17.3 Å². The Morgan fingerprint density at radius 2 is 2.29 bits per heavy atom. The Kier molecular flexibility index (Phi) is 4.62. The fourth-order valence-electron chi connectivity index (χ4n) is 1.13. The largest absolute Gasteiger partial charge is 0.383 e. The predicted molar refractivity (Wildman–Crippen MR) is 56.8 cm³/mol. The summed E-state index contributed by atoms with van der Waals surface area (Å²) in [5, 5.41) is 0.464. The molecule has 0 unspecified atom stereocenters. The zero-order chi connectivity index (χ0) is 10.4. The van der Waals surface area contributed by atoms with E-state index >= 15 is 0 Å². The molecule has 14 heavy (non-hydrogen) atoms. The third kappa shape index (κ3) is 3.12. The Hall–Kier alpha value is -0.870. The SMILES string of the molecule is CCN(CCOC)c1cc(Cl)ncn1. The molecule has 0 fully saturated rings. The highest BCUT2D eigenvalue weighted by atomic mass is 35.5. The van der Waals surface area contributed by atoms with Crippen LogP contribution in [0.25, 0.3) is 0 Å². The van der Waals surface area contributed by atoms with Crippen LogP contribution in [0, 0.1) is 0 Å².